The van der Waals surface area contributed by atoms with Crippen LogP contribution in [0, 0.1) is 6.92 Å². The number of anilines is 1. The van der Waals surface area contributed by atoms with Crippen molar-refractivity contribution >= 4 is 34.7 Å². The molecule has 0 saturated carbocycles. The molecule has 0 amide bonds. The summed E-state index contributed by atoms with van der Waals surface area (Å²) in [4.78, 5) is 0.451. The van der Waals surface area contributed by atoms with E-state index >= 15 is 0 Å². The lowest BCUT2D eigenvalue weighted by molar-refractivity contribution is 0.992. The number of nitrogens with one attached hydrogen (secondary N) is 1. The maximum absolute atomic E-state index is 5.68. The van der Waals surface area contributed by atoms with Crippen LogP contribution in [0.4, 0.5) is 5.69 Å². The lowest BCUT2D eigenvalue weighted by Gasteiger charge is -2.11. The van der Waals surface area contributed by atoms with Crippen LogP contribution in [-0.4, -0.2) is 23.5 Å². The zero-order chi connectivity index (χ0) is 12.0. The Hall–Kier alpha value is -0.740. The number of thiocarbonyl (C=S) groups is 1. The number of rotatable bonds is 6. The second kappa shape index (κ2) is 6.76. The molecule has 1 aromatic carbocycles. The van der Waals surface area contributed by atoms with E-state index in [2.05, 4.69) is 24.6 Å². The van der Waals surface area contributed by atoms with Gasteiger partial charge in [0.05, 0.1) is 0 Å². The summed E-state index contributed by atoms with van der Waals surface area (Å²) in [6.45, 7) is 3.02. The van der Waals surface area contributed by atoms with E-state index in [9.17, 15) is 0 Å². The molecule has 2 nitrogen and oxygen atoms in total. The maximum Gasteiger partial charge on any atom is 0.106 e. The van der Waals surface area contributed by atoms with Gasteiger partial charge in [-0.3, -0.25) is 0 Å². The van der Waals surface area contributed by atoms with Gasteiger partial charge in [-0.1, -0.05) is 18.3 Å². The molecule has 0 bridgehead atoms. The van der Waals surface area contributed by atoms with Gasteiger partial charge in [0.25, 0.3) is 0 Å². The zero-order valence-corrected chi connectivity index (χ0v) is 11.4. The fraction of sp³-hybridized carbons (Fsp3) is 0.417. The Kier molecular flexibility index (Phi) is 5.63. The minimum absolute atomic E-state index is 0.451. The Labute approximate surface area is 107 Å². The molecule has 0 aromatic heterocycles. The predicted octanol–water partition coefficient (Wildman–Crippen LogP) is 2.79. The topological polar surface area (TPSA) is 38.0 Å². The van der Waals surface area contributed by atoms with Crippen LogP contribution in [-0.2, 0) is 0 Å². The first-order chi connectivity index (χ1) is 7.65. The van der Waals surface area contributed by atoms with Crippen molar-refractivity contribution in [1.82, 2.24) is 0 Å². The quantitative estimate of drug-likeness (QED) is 0.605. The molecule has 0 unspecified atom stereocenters. The van der Waals surface area contributed by atoms with Gasteiger partial charge in [-0.15, -0.1) is 0 Å². The van der Waals surface area contributed by atoms with E-state index in [1.165, 1.54) is 11.3 Å². The molecular weight excluding hydrogens is 236 g/mol. The Morgan fingerprint density at radius 2 is 2.25 bits per heavy atom. The Balaban J connectivity index is 2.68. The number of hydrogen-bond acceptors (Lipinski definition) is 3. The van der Waals surface area contributed by atoms with E-state index in [0.717, 1.165) is 24.2 Å². The van der Waals surface area contributed by atoms with Crippen LogP contribution in [0.1, 0.15) is 17.5 Å². The predicted molar refractivity (Wildman–Crippen MR) is 78.6 cm³/mol. The summed E-state index contributed by atoms with van der Waals surface area (Å²) in [5.41, 5.74) is 8.88. The lowest BCUT2D eigenvalue weighted by atomic mass is 10.1. The molecule has 16 heavy (non-hydrogen) atoms. The number of benzene rings is 1. The van der Waals surface area contributed by atoms with Gasteiger partial charge in [0.15, 0.2) is 0 Å². The molecule has 0 saturated heterocycles. The third kappa shape index (κ3) is 4.02. The maximum atomic E-state index is 5.68. The molecule has 1 aromatic rings. The van der Waals surface area contributed by atoms with E-state index in [0.29, 0.717) is 4.99 Å². The molecule has 0 aliphatic rings. The number of hydrogen-bond donors (Lipinski definition) is 2. The summed E-state index contributed by atoms with van der Waals surface area (Å²) in [5, 5.41) is 3.39. The SMILES string of the molecule is CSCCCNc1cc(C)ccc1C(N)=S. The van der Waals surface area contributed by atoms with Crippen LogP contribution in [0.2, 0.25) is 0 Å². The van der Waals surface area contributed by atoms with Gasteiger partial charge in [-0.2, -0.15) is 11.8 Å². The number of aryl methyl sites for hydroxylation is 1. The average Bonchev–Trinajstić information content (AvgIpc) is 2.24. The molecule has 0 spiro atoms. The second-order valence-electron chi connectivity index (χ2n) is 3.69. The molecule has 0 heterocycles. The minimum Gasteiger partial charge on any atom is -0.389 e. The first-order valence-corrected chi connectivity index (χ1v) is 7.08. The summed E-state index contributed by atoms with van der Waals surface area (Å²) in [6, 6.07) is 6.10. The highest BCUT2D eigenvalue weighted by Crippen LogP contribution is 2.17. The van der Waals surface area contributed by atoms with Crippen LogP contribution >= 0.6 is 24.0 Å². The molecule has 0 aliphatic heterocycles. The van der Waals surface area contributed by atoms with Crippen molar-refractivity contribution in [3.05, 3.63) is 29.3 Å². The Morgan fingerprint density at radius 1 is 1.50 bits per heavy atom. The molecular formula is C12H18N2S2. The molecule has 0 aliphatic carbocycles. The van der Waals surface area contributed by atoms with E-state index in [1.807, 2.05) is 23.9 Å². The Bertz CT molecular complexity index is 364. The van der Waals surface area contributed by atoms with E-state index < -0.39 is 0 Å². The van der Waals surface area contributed by atoms with Crippen molar-refractivity contribution in [2.75, 3.05) is 23.9 Å². The first-order valence-electron chi connectivity index (χ1n) is 5.28. The van der Waals surface area contributed by atoms with Crippen molar-refractivity contribution < 1.29 is 0 Å². The minimum atomic E-state index is 0.451. The third-order valence-electron chi connectivity index (χ3n) is 2.28. The van der Waals surface area contributed by atoms with Crippen LogP contribution < -0.4 is 11.1 Å². The summed E-state index contributed by atoms with van der Waals surface area (Å²) in [5.74, 6) is 1.17. The highest BCUT2D eigenvalue weighted by molar-refractivity contribution is 7.98. The second-order valence-corrected chi connectivity index (χ2v) is 5.11. The number of thioether (sulfide) groups is 1. The van der Waals surface area contributed by atoms with Crippen molar-refractivity contribution in [3.63, 3.8) is 0 Å². The van der Waals surface area contributed by atoms with Crippen molar-refractivity contribution in [2.45, 2.75) is 13.3 Å². The van der Waals surface area contributed by atoms with Gasteiger partial charge in [-0.25, -0.2) is 0 Å². The number of nitrogens with two attached hydrogens (primary N) is 1. The van der Waals surface area contributed by atoms with E-state index in [-0.39, 0.29) is 0 Å². The van der Waals surface area contributed by atoms with Gasteiger partial charge in [-0.05, 0) is 43.0 Å². The van der Waals surface area contributed by atoms with Crippen LogP contribution in [0.15, 0.2) is 18.2 Å². The molecule has 1 rings (SSSR count). The molecule has 0 radical (unpaired) electrons. The molecule has 88 valence electrons. The average molecular weight is 254 g/mol. The summed E-state index contributed by atoms with van der Waals surface area (Å²) >= 11 is 6.89. The summed E-state index contributed by atoms with van der Waals surface area (Å²) in [7, 11) is 0. The van der Waals surface area contributed by atoms with Gasteiger partial charge in [0.2, 0.25) is 0 Å². The van der Waals surface area contributed by atoms with E-state index in [4.69, 9.17) is 18.0 Å². The standard InChI is InChI=1S/C12H18N2S2/c1-9-4-5-10(12(13)15)11(8-9)14-6-3-7-16-2/h4-5,8,14H,3,6-7H2,1-2H3,(H2,13,15). The zero-order valence-electron chi connectivity index (χ0n) is 9.75. The van der Waals surface area contributed by atoms with Crippen LogP contribution in [0.3, 0.4) is 0 Å². The fourth-order valence-corrected chi connectivity index (χ4v) is 2.07. The first kappa shape index (κ1) is 13.3. The van der Waals surface area contributed by atoms with Gasteiger partial charge >= 0.3 is 0 Å². The van der Waals surface area contributed by atoms with Crippen molar-refractivity contribution in [2.24, 2.45) is 5.73 Å². The molecule has 0 atom stereocenters. The normalized spacial score (nSPS) is 10.1. The smallest absolute Gasteiger partial charge is 0.106 e. The van der Waals surface area contributed by atoms with Crippen molar-refractivity contribution in [1.29, 1.82) is 0 Å². The van der Waals surface area contributed by atoms with Gasteiger partial charge in [0.1, 0.15) is 4.99 Å². The Morgan fingerprint density at radius 3 is 2.88 bits per heavy atom. The highest BCUT2D eigenvalue weighted by atomic mass is 32.2. The lowest BCUT2D eigenvalue weighted by Crippen LogP contribution is -2.14. The van der Waals surface area contributed by atoms with Gasteiger partial charge in [0, 0.05) is 17.8 Å². The fourth-order valence-electron chi connectivity index (χ4n) is 1.46. The van der Waals surface area contributed by atoms with Crippen LogP contribution in [0.25, 0.3) is 0 Å². The molecule has 3 N–H and O–H groups in total. The summed E-state index contributed by atoms with van der Waals surface area (Å²) in [6.07, 6.45) is 3.26. The molecule has 4 heteroatoms. The molecule has 0 fully saturated rings. The summed E-state index contributed by atoms with van der Waals surface area (Å²) < 4.78 is 0. The monoisotopic (exact) mass is 254 g/mol. The van der Waals surface area contributed by atoms with Crippen molar-refractivity contribution in [3.8, 4) is 0 Å². The third-order valence-corrected chi connectivity index (χ3v) is 3.20. The van der Waals surface area contributed by atoms with Gasteiger partial charge < -0.3 is 11.1 Å². The highest BCUT2D eigenvalue weighted by Gasteiger charge is 2.04. The largest absolute Gasteiger partial charge is 0.389 e. The van der Waals surface area contributed by atoms with E-state index in [1.54, 1.807) is 0 Å². The van der Waals surface area contributed by atoms with Crippen LogP contribution in [0.5, 0.6) is 0 Å².